The summed E-state index contributed by atoms with van der Waals surface area (Å²) in [7, 11) is 2.03. The number of aryl methyl sites for hydroxylation is 1. The number of benzene rings is 1. The van der Waals surface area contributed by atoms with E-state index in [9.17, 15) is 0 Å². The fourth-order valence-electron chi connectivity index (χ4n) is 3.03. The lowest BCUT2D eigenvalue weighted by Gasteiger charge is -2.30. The van der Waals surface area contributed by atoms with Gasteiger partial charge in [0.05, 0.1) is 0 Å². The number of nitrogens with zero attached hydrogens (tertiary/aromatic N) is 4. The normalized spacial score (nSPS) is 17.3. The highest BCUT2D eigenvalue weighted by molar-refractivity contribution is 5.48. The van der Waals surface area contributed by atoms with Gasteiger partial charge in [0, 0.05) is 20.0 Å². The standard InChI is InChI=1S/C18H24N4/c1-21-15-19-20-18(21)14-17-9-12-22(13-10-17)11-5-8-16-6-3-2-4-7-16/h2-8,15,17H,9-14H2,1H3. The van der Waals surface area contributed by atoms with Gasteiger partial charge in [-0.3, -0.25) is 4.90 Å². The Morgan fingerprint density at radius 2 is 1.95 bits per heavy atom. The Hall–Kier alpha value is -1.94. The molecule has 1 aromatic carbocycles. The quantitative estimate of drug-likeness (QED) is 0.851. The lowest BCUT2D eigenvalue weighted by Crippen LogP contribution is -2.34. The van der Waals surface area contributed by atoms with E-state index in [-0.39, 0.29) is 0 Å². The van der Waals surface area contributed by atoms with E-state index in [1.807, 2.05) is 11.6 Å². The summed E-state index contributed by atoms with van der Waals surface area (Å²) < 4.78 is 2.04. The fraction of sp³-hybridized carbons (Fsp3) is 0.444. The minimum Gasteiger partial charge on any atom is -0.321 e. The average Bonchev–Trinajstić information content (AvgIpc) is 2.95. The van der Waals surface area contributed by atoms with Gasteiger partial charge in [0.1, 0.15) is 12.2 Å². The summed E-state index contributed by atoms with van der Waals surface area (Å²) in [5.41, 5.74) is 1.28. The second-order valence-corrected chi connectivity index (χ2v) is 6.12. The van der Waals surface area contributed by atoms with Crippen molar-refractivity contribution < 1.29 is 0 Å². The first-order valence-electron chi connectivity index (χ1n) is 8.08. The molecule has 1 aromatic heterocycles. The van der Waals surface area contributed by atoms with E-state index >= 15 is 0 Å². The van der Waals surface area contributed by atoms with Crippen molar-refractivity contribution in [3.63, 3.8) is 0 Å². The molecule has 2 heterocycles. The van der Waals surface area contributed by atoms with Gasteiger partial charge in [-0.2, -0.15) is 0 Å². The molecule has 4 heteroatoms. The third kappa shape index (κ3) is 4.04. The highest BCUT2D eigenvalue weighted by Crippen LogP contribution is 2.20. The number of rotatable bonds is 5. The van der Waals surface area contributed by atoms with E-state index in [4.69, 9.17) is 0 Å². The van der Waals surface area contributed by atoms with E-state index in [1.165, 1.54) is 31.5 Å². The van der Waals surface area contributed by atoms with Crippen LogP contribution < -0.4 is 0 Å². The van der Waals surface area contributed by atoms with E-state index in [0.29, 0.717) is 0 Å². The lowest BCUT2D eigenvalue weighted by atomic mass is 9.93. The molecule has 116 valence electrons. The number of hydrogen-bond donors (Lipinski definition) is 0. The zero-order valence-corrected chi connectivity index (χ0v) is 13.2. The van der Waals surface area contributed by atoms with Gasteiger partial charge < -0.3 is 4.57 Å². The third-order valence-electron chi connectivity index (χ3n) is 4.46. The van der Waals surface area contributed by atoms with Crippen LogP contribution in [0.1, 0.15) is 24.2 Å². The molecular formula is C18H24N4. The molecule has 0 aliphatic carbocycles. The van der Waals surface area contributed by atoms with E-state index in [2.05, 4.69) is 57.6 Å². The summed E-state index contributed by atoms with van der Waals surface area (Å²) in [6.45, 7) is 3.41. The van der Waals surface area contributed by atoms with Crippen LogP contribution >= 0.6 is 0 Å². The van der Waals surface area contributed by atoms with Crippen molar-refractivity contribution in [3.05, 3.63) is 54.1 Å². The van der Waals surface area contributed by atoms with Crippen molar-refractivity contribution in [1.29, 1.82) is 0 Å². The maximum atomic E-state index is 4.20. The van der Waals surface area contributed by atoms with Crippen LogP contribution in [-0.4, -0.2) is 39.3 Å². The van der Waals surface area contributed by atoms with E-state index < -0.39 is 0 Å². The first-order valence-corrected chi connectivity index (χ1v) is 8.08. The molecule has 1 aliphatic rings. The summed E-state index contributed by atoms with van der Waals surface area (Å²) in [6, 6.07) is 10.5. The second-order valence-electron chi connectivity index (χ2n) is 6.12. The van der Waals surface area contributed by atoms with Gasteiger partial charge in [0.15, 0.2) is 0 Å². The number of likely N-dealkylation sites (tertiary alicyclic amines) is 1. The van der Waals surface area contributed by atoms with E-state index in [1.54, 1.807) is 6.33 Å². The molecule has 0 atom stereocenters. The second kappa shape index (κ2) is 7.36. The molecule has 0 unspecified atom stereocenters. The molecule has 0 amide bonds. The van der Waals surface area contributed by atoms with Gasteiger partial charge >= 0.3 is 0 Å². The predicted molar refractivity (Wildman–Crippen MR) is 89.3 cm³/mol. The summed E-state index contributed by atoms with van der Waals surface area (Å²) in [5, 5.41) is 8.17. The minimum absolute atomic E-state index is 0.747. The Morgan fingerprint density at radius 1 is 1.18 bits per heavy atom. The molecule has 1 saturated heterocycles. The van der Waals surface area contributed by atoms with Crippen LogP contribution in [0.2, 0.25) is 0 Å². The van der Waals surface area contributed by atoms with Crippen LogP contribution in [0.15, 0.2) is 42.7 Å². The van der Waals surface area contributed by atoms with Crippen LogP contribution in [0.5, 0.6) is 0 Å². The SMILES string of the molecule is Cn1cnnc1CC1CCN(CC=Cc2ccccc2)CC1. The Morgan fingerprint density at radius 3 is 2.64 bits per heavy atom. The molecule has 1 aliphatic heterocycles. The molecule has 4 nitrogen and oxygen atoms in total. The Balaban J connectivity index is 1.42. The predicted octanol–water partition coefficient (Wildman–Crippen LogP) is 2.78. The largest absolute Gasteiger partial charge is 0.321 e. The Bertz CT molecular complexity index is 595. The monoisotopic (exact) mass is 296 g/mol. The molecule has 2 aromatic rings. The van der Waals surface area contributed by atoms with E-state index in [0.717, 1.165) is 24.7 Å². The molecule has 0 N–H and O–H groups in total. The maximum Gasteiger partial charge on any atom is 0.132 e. The zero-order valence-electron chi connectivity index (χ0n) is 13.2. The van der Waals surface area contributed by atoms with Gasteiger partial charge in [-0.1, -0.05) is 42.5 Å². The fourth-order valence-corrected chi connectivity index (χ4v) is 3.03. The maximum absolute atomic E-state index is 4.20. The zero-order chi connectivity index (χ0) is 15.2. The smallest absolute Gasteiger partial charge is 0.132 e. The molecule has 1 fully saturated rings. The van der Waals surface area contributed by atoms with Gasteiger partial charge in [-0.15, -0.1) is 10.2 Å². The molecule has 0 spiro atoms. The molecular weight excluding hydrogens is 272 g/mol. The summed E-state index contributed by atoms with van der Waals surface area (Å²) in [5.74, 6) is 1.86. The van der Waals surface area contributed by atoms with Crippen LogP contribution in [0.3, 0.4) is 0 Å². The number of aromatic nitrogens is 3. The first-order chi connectivity index (χ1) is 10.8. The van der Waals surface area contributed by atoms with Crippen LogP contribution in [0.4, 0.5) is 0 Å². The van der Waals surface area contributed by atoms with Gasteiger partial charge in [0.2, 0.25) is 0 Å². The van der Waals surface area contributed by atoms with Crippen LogP contribution in [0, 0.1) is 5.92 Å². The van der Waals surface area contributed by atoms with Crippen molar-refractivity contribution in [2.45, 2.75) is 19.3 Å². The van der Waals surface area contributed by atoms with Crippen molar-refractivity contribution in [2.24, 2.45) is 13.0 Å². The van der Waals surface area contributed by atoms with Gasteiger partial charge in [-0.25, -0.2) is 0 Å². The molecule has 0 saturated carbocycles. The number of piperidine rings is 1. The highest BCUT2D eigenvalue weighted by Gasteiger charge is 2.20. The van der Waals surface area contributed by atoms with Crippen molar-refractivity contribution >= 4 is 6.08 Å². The highest BCUT2D eigenvalue weighted by atomic mass is 15.2. The van der Waals surface area contributed by atoms with Crippen molar-refractivity contribution in [2.75, 3.05) is 19.6 Å². The molecule has 3 rings (SSSR count). The van der Waals surface area contributed by atoms with Gasteiger partial charge in [0.25, 0.3) is 0 Å². The van der Waals surface area contributed by atoms with Crippen molar-refractivity contribution in [3.8, 4) is 0 Å². The summed E-state index contributed by atoms with van der Waals surface area (Å²) in [4.78, 5) is 2.53. The lowest BCUT2D eigenvalue weighted by molar-refractivity contribution is 0.198. The Labute approximate surface area is 132 Å². The summed E-state index contributed by atoms with van der Waals surface area (Å²) >= 11 is 0. The van der Waals surface area contributed by atoms with Crippen LogP contribution in [0.25, 0.3) is 6.08 Å². The molecule has 0 radical (unpaired) electrons. The average molecular weight is 296 g/mol. The van der Waals surface area contributed by atoms with Crippen molar-refractivity contribution in [1.82, 2.24) is 19.7 Å². The topological polar surface area (TPSA) is 34.0 Å². The third-order valence-corrected chi connectivity index (χ3v) is 4.46. The Kier molecular flexibility index (Phi) is 5.01. The molecule has 22 heavy (non-hydrogen) atoms. The number of hydrogen-bond acceptors (Lipinski definition) is 3. The first kappa shape index (κ1) is 15.0. The molecule has 0 bridgehead atoms. The summed E-state index contributed by atoms with van der Waals surface area (Å²) in [6.07, 6.45) is 9.85. The van der Waals surface area contributed by atoms with Gasteiger partial charge in [-0.05, 0) is 37.4 Å². The van der Waals surface area contributed by atoms with Crippen LogP contribution in [-0.2, 0) is 13.5 Å². The minimum atomic E-state index is 0.747.